The minimum Gasteiger partial charge on any atom is -0.465 e. The molecule has 1 aromatic carbocycles. The number of methoxy groups -OCH3 is 1. The second kappa shape index (κ2) is 5.01. The molecule has 0 atom stereocenters. The Morgan fingerprint density at radius 2 is 2.12 bits per heavy atom. The van der Waals surface area contributed by atoms with E-state index >= 15 is 0 Å². The van der Waals surface area contributed by atoms with Gasteiger partial charge < -0.3 is 21.5 Å². The van der Waals surface area contributed by atoms with Crippen molar-refractivity contribution in [3.8, 4) is 0 Å². The summed E-state index contributed by atoms with van der Waals surface area (Å²) in [5.41, 5.74) is 11.9. The largest absolute Gasteiger partial charge is 0.465 e. The van der Waals surface area contributed by atoms with Gasteiger partial charge in [0.1, 0.15) is 0 Å². The quantitative estimate of drug-likeness (QED) is 0.490. The van der Waals surface area contributed by atoms with Crippen LogP contribution in [0, 0.1) is 0 Å². The predicted octanol–water partition coefficient (Wildman–Crippen LogP) is -0.0474. The molecule has 0 radical (unpaired) electrons. The number of benzene rings is 1. The number of carbonyl (C=O) groups is 2. The van der Waals surface area contributed by atoms with E-state index in [1.807, 2.05) is 0 Å². The molecule has 0 heterocycles. The van der Waals surface area contributed by atoms with Crippen molar-refractivity contribution in [1.29, 1.82) is 0 Å². The number of esters is 1. The molecule has 5 N–H and O–H groups in total. The lowest BCUT2D eigenvalue weighted by atomic mass is 10.1. The molecule has 1 aromatic rings. The van der Waals surface area contributed by atoms with Gasteiger partial charge in [0.25, 0.3) is 0 Å². The van der Waals surface area contributed by atoms with Crippen molar-refractivity contribution in [2.24, 2.45) is 5.73 Å². The molecule has 1 amide bonds. The lowest BCUT2D eigenvalue weighted by Crippen LogP contribution is -2.22. The Bertz CT molecular complexity index is 418. The van der Waals surface area contributed by atoms with Crippen molar-refractivity contribution >= 4 is 23.3 Å². The van der Waals surface area contributed by atoms with Gasteiger partial charge in [0.2, 0.25) is 5.91 Å². The zero-order chi connectivity index (χ0) is 12.1. The molecule has 0 spiro atoms. The average molecular weight is 223 g/mol. The Kier molecular flexibility index (Phi) is 3.71. The summed E-state index contributed by atoms with van der Waals surface area (Å²) < 4.78 is 4.54. The van der Waals surface area contributed by atoms with Crippen molar-refractivity contribution in [2.45, 2.75) is 0 Å². The fourth-order valence-corrected chi connectivity index (χ4v) is 1.15. The molecule has 0 fully saturated rings. The summed E-state index contributed by atoms with van der Waals surface area (Å²) in [7, 11) is 1.29. The van der Waals surface area contributed by atoms with Gasteiger partial charge in [-0.2, -0.15) is 0 Å². The Balaban J connectivity index is 2.83. The molecular weight excluding hydrogens is 210 g/mol. The molecule has 1 rings (SSSR count). The molecule has 6 heteroatoms. The van der Waals surface area contributed by atoms with Crippen LogP contribution in [0.2, 0.25) is 0 Å². The summed E-state index contributed by atoms with van der Waals surface area (Å²) in [5.74, 6) is -0.954. The van der Waals surface area contributed by atoms with Crippen LogP contribution in [0.5, 0.6) is 0 Å². The number of amides is 1. The standard InChI is InChI=1S/C10H13N3O3/c1-16-10(15)6-2-3-8(7(11)4-6)13-5-9(12)14/h2-4,13H,5,11H2,1H3,(H2,12,14). The molecule has 0 saturated carbocycles. The third kappa shape index (κ3) is 2.88. The number of nitrogens with one attached hydrogen (secondary N) is 1. The molecule has 0 aromatic heterocycles. The van der Waals surface area contributed by atoms with Crippen molar-refractivity contribution in [2.75, 3.05) is 24.7 Å². The van der Waals surface area contributed by atoms with E-state index in [0.29, 0.717) is 16.9 Å². The van der Waals surface area contributed by atoms with E-state index in [1.165, 1.54) is 13.2 Å². The van der Waals surface area contributed by atoms with Crippen LogP contribution < -0.4 is 16.8 Å². The van der Waals surface area contributed by atoms with Gasteiger partial charge in [-0.1, -0.05) is 0 Å². The zero-order valence-corrected chi connectivity index (χ0v) is 8.82. The first-order chi connectivity index (χ1) is 7.54. The van der Waals surface area contributed by atoms with E-state index in [1.54, 1.807) is 12.1 Å². The predicted molar refractivity (Wildman–Crippen MR) is 59.9 cm³/mol. The molecule has 86 valence electrons. The fourth-order valence-electron chi connectivity index (χ4n) is 1.15. The number of nitrogen functional groups attached to an aromatic ring is 1. The molecule has 0 aliphatic rings. The minimum absolute atomic E-state index is 0.0121. The highest BCUT2D eigenvalue weighted by molar-refractivity contribution is 5.92. The number of ether oxygens (including phenoxy) is 1. The SMILES string of the molecule is COC(=O)c1ccc(NCC(N)=O)c(N)c1. The van der Waals surface area contributed by atoms with Gasteiger partial charge in [-0.05, 0) is 18.2 Å². The number of anilines is 2. The molecule has 16 heavy (non-hydrogen) atoms. The van der Waals surface area contributed by atoms with Crippen molar-refractivity contribution < 1.29 is 14.3 Å². The smallest absolute Gasteiger partial charge is 0.337 e. The Morgan fingerprint density at radius 1 is 1.44 bits per heavy atom. The molecule has 6 nitrogen and oxygen atoms in total. The molecule has 0 unspecified atom stereocenters. The summed E-state index contributed by atoms with van der Waals surface area (Å²) in [6.07, 6.45) is 0. The van der Waals surface area contributed by atoms with Gasteiger partial charge >= 0.3 is 5.97 Å². The Labute approximate surface area is 92.6 Å². The lowest BCUT2D eigenvalue weighted by molar-refractivity contribution is -0.116. The fraction of sp³-hybridized carbons (Fsp3) is 0.200. The van der Waals surface area contributed by atoms with Crippen molar-refractivity contribution in [3.63, 3.8) is 0 Å². The van der Waals surface area contributed by atoms with Gasteiger partial charge in [0, 0.05) is 0 Å². The first kappa shape index (κ1) is 11.8. The van der Waals surface area contributed by atoms with Crippen LogP contribution in [0.25, 0.3) is 0 Å². The third-order valence-electron chi connectivity index (χ3n) is 1.93. The van der Waals surface area contributed by atoms with Gasteiger partial charge in [0.15, 0.2) is 0 Å². The van der Waals surface area contributed by atoms with E-state index in [0.717, 1.165) is 0 Å². The first-order valence-electron chi connectivity index (χ1n) is 4.54. The van der Waals surface area contributed by atoms with Crippen LogP contribution in [-0.2, 0) is 9.53 Å². The number of carbonyl (C=O) groups excluding carboxylic acids is 2. The highest BCUT2D eigenvalue weighted by atomic mass is 16.5. The second-order valence-electron chi connectivity index (χ2n) is 3.11. The van der Waals surface area contributed by atoms with Gasteiger partial charge in [-0.15, -0.1) is 0 Å². The van der Waals surface area contributed by atoms with Crippen LogP contribution in [0.15, 0.2) is 18.2 Å². The molecular formula is C10H13N3O3. The van der Waals surface area contributed by atoms with Gasteiger partial charge in [-0.3, -0.25) is 4.79 Å². The number of hydrogen-bond donors (Lipinski definition) is 3. The van der Waals surface area contributed by atoms with Crippen LogP contribution in [-0.4, -0.2) is 25.5 Å². The second-order valence-corrected chi connectivity index (χ2v) is 3.11. The van der Waals surface area contributed by atoms with E-state index < -0.39 is 11.9 Å². The van der Waals surface area contributed by atoms with Crippen molar-refractivity contribution in [3.05, 3.63) is 23.8 Å². The lowest BCUT2D eigenvalue weighted by Gasteiger charge is -2.08. The van der Waals surface area contributed by atoms with Crippen LogP contribution in [0.1, 0.15) is 10.4 Å². The van der Waals surface area contributed by atoms with Crippen LogP contribution in [0.3, 0.4) is 0 Å². The molecule has 0 aliphatic heterocycles. The first-order valence-corrected chi connectivity index (χ1v) is 4.54. The van der Waals surface area contributed by atoms with E-state index in [2.05, 4.69) is 10.1 Å². The number of hydrogen-bond acceptors (Lipinski definition) is 5. The summed E-state index contributed by atoms with van der Waals surface area (Å²) in [6, 6.07) is 4.60. The maximum Gasteiger partial charge on any atom is 0.337 e. The van der Waals surface area contributed by atoms with E-state index in [4.69, 9.17) is 11.5 Å². The van der Waals surface area contributed by atoms with E-state index in [9.17, 15) is 9.59 Å². The zero-order valence-electron chi connectivity index (χ0n) is 8.82. The maximum absolute atomic E-state index is 11.2. The van der Waals surface area contributed by atoms with Gasteiger partial charge in [-0.25, -0.2) is 4.79 Å². The third-order valence-corrected chi connectivity index (χ3v) is 1.93. The summed E-state index contributed by atoms with van der Waals surface area (Å²) in [6.45, 7) is -0.0121. The van der Waals surface area contributed by atoms with Crippen LogP contribution >= 0.6 is 0 Å². The number of nitrogens with two attached hydrogens (primary N) is 2. The summed E-state index contributed by atoms with van der Waals surface area (Å²) in [5, 5.41) is 2.74. The normalized spacial score (nSPS) is 9.56. The topological polar surface area (TPSA) is 107 Å². The molecule has 0 aliphatic carbocycles. The van der Waals surface area contributed by atoms with Gasteiger partial charge in [0.05, 0.1) is 30.6 Å². The number of primary amides is 1. The highest BCUT2D eigenvalue weighted by Gasteiger charge is 2.08. The monoisotopic (exact) mass is 223 g/mol. The van der Waals surface area contributed by atoms with E-state index in [-0.39, 0.29) is 6.54 Å². The molecule has 0 bridgehead atoms. The number of rotatable bonds is 4. The van der Waals surface area contributed by atoms with Crippen LogP contribution in [0.4, 0.5) is 11.4 Å². The Morgan fingerprint density at radius 3 is 2.62 bits per heavy atom. The maximum atomic E-state index is 11.2. The van der Waals surface area contributed by atoms with Crippen molar-refractivity contribution in [1.82, 2.24) is 0 Å². The average Bonchev–Trinajstić information content (AvgIpc) is 2.26. The minimum atomic E-state index is -0.489. The Hall–Kier alpha value is -2.24. The summed E-state index contributed by atoms with van der Waals surface area (Å²) >= 11 is 0. The highest BCUT2D eigenvalue weighted by Crippen LogP contribution is 2.19. The molecule has 0 saturated heterocycles. The summed E-state index contributed by atoms with van der Waals surface area (Å²) in [4.78, 5) is 21.7.